The van der Waals surface area contributed by atoms with Gasteiger partial charge in [-0.1, -0.05) is 0 Å². The Morgan fingerprint density at radius 3 is 2.59 bits per heavy atom. The van der Waals surface area contributed by atoms with Crippen molar-refractivity contribution in [1.82, 2.24) is 0 Å². The summed E-state index contributed by atoms with van der Waals surface area (Å²) in [7, 11) is 2.59. The molecule has 0 atom stereocenters. The van der Waals surface area contributed by atoms with Crippen molar-refractivity contribution in [3.8, 4) is 5.75 Å². The molecule has 17 heavy (non-hydrogen) atoms. The van der Waals surface area contributed by atoms with E-state index in [0.29, 0.717) is 5.56 Å². The van der Waals surface area contributed by atoms with Crippen molar-refractivity contribution in [1.29, 1.82) is 0 Å². The third kappa shape index (κ3) is 2.83. The summed E-state index contributed by atoms with van der Waals surface area (Å²) in [6, 6.07) is 2.70. The summed E-state index contributed by atoms with van der Waals surface area (Å²) < 4.78 is 9.39. The number of methoxy groups -OCH3 is 2. The number of nitro groups is 1. The Balaban J connectivity index is 3.20. The predicted octanol–water partition coefficient (Wildman–Crippen LogP) is 0.901. The Morgan fingerprint density at radius 1 is 1.47 bits per heavy atom. The summed E-state index contributed by atoms with van der Waals surface area (Å²) in [5, 5.41) is 10.8. The van der Waals surface area contributed by atoms with Crippen LogP contribution in [0.1, 0.15) is 5.56 Å². The fraction of sp³-hybridized carbons (Fsp3) is 0.300. The summed E-state index contributed by atoms with van der Waals surface area (Å²) in [5.41, 5.74) is 5.60. The van der Waals surface area contributed by atoms with Gasteiger partial charge in [-0.15, -0.1) is 0 Å². The van der Waals surface area contributed by atoms with Gasteiger partial charge in [0.25, 0.3) is 5.69 Å². The first-order valence-corrected chi connectivity index (χ1v) is 4.67. The van der Waals surface area contributed by atoms with E-state index in [1.165, 1.54) is 26.4 Å². The number of nitro benzene ring substituents is 1. The number of hydrogen-bond acceptors (Lipinski definition) is 6. The van der Waals surface area contributed by atoms with Crippen LogP contribution in [0.5, 0.6) is 5.75 Å². The lowest BCUT2D eigenvalue weighted by atomic mass is 10.1. The van der Waals surface area contributed by atoms with Crippen molar-refractivity contribution >= 4 is 17.3 Å². The van der Waals surface area contributed by atoms with Crippen LogP contribution < -0.4 is 10.5 Å². The number of benzene rings is 1. The van der Waals surface area contributed by atoms with Crippen molar-refractivity contribution < 1.29 is 19.2 Å². The normalized spacial score (nSPS) is 9.76. The zero-order chi connectivity index (χ0) is 13.0. The molecule has 0 radical (unpaired) electrons. The summed E-state index contributed by atoms with van der Waals surface area (Å²) in [6.07, 6.45) is -0.0754. The highest BCUT2D eigenvalue weighted by molar-refractivity contribution is 5.75. The van der Waals surface area contributed by atoms with E-state index >= 15 is 0 Å². The Labute approximate surface area is 97.3 Å². The fourth-order valence-electron chi connectivity index (χ4n) is 1.33. The van der Waals surface area contributed by atoms with Gasteiger partial charge in [-0.05, 0) is 11.6 Å². The first kappa shape index (κ1) is 12.8. The molecular formula is C10H12N2O5. The van der Waals surface area contributed by atoms with Crippen molar-refractivity contribution in [3.05, 3.63) is 27.8 Å². The Kier molecular flexibility index (Phi) is 3.86. The van der Waals surface area contributed by atoms with Gasteiger partial charge in [-0.2, -0.15) is 0 Å². The van der Waals surface area contributed by atoms with Gasteiger partial charge in [0.2, 0.25) is 0 Å². The average Bonchev–Trinajstić information content (AvgIpc) is 2.30. The van der Waals surface area contributed by atoms with Gasteiger partial charge in [0.15, 0.2) is 5.69 Å². The molecule has 0 aliphatic heterocycles. The first-order chi connectivity index (χ1) is 7.99. The largest absolute Gasteiger partial charge is 0.494 e. The molecule has 0 aliphatic rings. The number of carbonyl (C=O) groups is 1. The molecule has 0 saturated heterocycles. The molecule has 0 heterocycles. The third-order valence-corrected chi connectivity index (χ3v) is 2.17. The van der Waals surface area contributed by atoms with Crippen LogP contribution in [0.4, 0.5) is 11.4 Å². The number of rotatable bonds is 4. The number of anilines is 1. The third-order valence-electron chi connectivity index (χ3n) is 2.17. The molecule has 7 nitrogen and oxygen atoms in total. The average molecular weight is 240 g/mol. The number of ether oxygens (including phenoxy) is 2. The summed E-state index contributed by atoms with van der Waals surface area (Å²) in [4.78, 5) is 21.2. The van der Waals surface area contributed by atoms with Crippen LogP contribution in [0.25, 0.3) is 0 Å². The smallest absolute Gasteiger partial charge is 0.309 e. The number of nitrogens with two attached hydrogens (primary N) is 1. The van der Waals surface area contributed by atoms with Crippen LogP contribution >= 0.6 is 0 Å². The topological polar surface area (TPSA) is 105 Å². The Morgan fingerprint density at radius 2 is 2.12 bits per heavy atom. The summed E-state index contributed by atoms with van der Waals surface area (Å²) >= 11 is 0. The minimum absolute atomic E-state index is 0.0638. The number of carbonyl (C=O) groups excluding carboxylic acids is 1. The van der Waals surface area contributed by atoms with Crippen molar-refractivity contribution in [2.45, 2.75) is 6.42 Å². The van der Waals surface area contributed by atoms with E-state index in [4.69, 9.17) is 10.5 Å². The van der Waals surface area contributed by atoms with Gasteiger partial charge in [0.05, 0.1) is 25.6 Å². The van der Waals surface area contributed by atoms with Gasteiger partial charge in [-0.3, -0.25) is 14.9 Å². The molecule has 0 spiro atoms. The molecule has 7 heteroatoms. The summed E-state index contributed by atoms with van der Waals surface area (Å²) in [6.45, 7) is 0. The van der Waals surface area contributed by atoms with E-state index < -0.39 is 10.9 Å². The molecule has 0 aromatic heterocycles. The van der Waals surface area contributed by atoms with E-state index in [0.717, 1.165) is 0 Å². The number of hydrogen-bond donors (Lipinski definition) is 1. The molecule has 2 N–H and O–H groups in total. The SMILES string of the molecule is COC(=O)Cc1cc(OC)c(N)c([N+](=O)[O-])c1. The highest BCUT2D eigenvalue weighted by Crippen LogP contribution is 2.33. The molecule has 1 aromatic carbocycles. The Bertz CT molecular complexity index is 458. The van der Waals surface area contributed by atoms with E-state index in [-0.39, 0.29) is 23.5 Å². The lowest BCUT2D eigenvalue weighted by Crippen LogP contribution is -2.06. The molecule has 92 valence electrons. The fourth-order valence-corrected chi connectivity index (χ4v) is 1.33. The van der Waals surface area contributed by atoms with Gasteiger partial charge in [0.1, 0.15) is 5.75 Å². The minimum Gasteiger partial charge on any atom is -0.494 e. The molecule has 1 aromatic rings. The molecule has 0 amide bonds. The van der Waals surface area contributed by atoms with Crippen molar-refractivity contribution in [2.24, 2.45) is 0 Å². The van der Waals surface area contributed by atoms with Gasteiger partial charge >= 0.3 is 5.97 Å². The summed E-state index contributed by atoms with van der Waals surface area (Å²) in [5.74, 6) is -0.329. The van der Waals surface area contributed by atoms with Gasteiger partial charge in [0, 0.05) is 6.07 Å². The number of esters is 1. The standard InChI is InChI=1S/C10H12N2O5/c1-16-8-4-6(5-9(13)17-2)3-7(10(8)11)12(14)15/h3-4H,5,11H2,1-2H3. The number of nitrogens with zero attached hydrogens (tertiary/aromatic N) is 1. The van der Waals surface area contributed by atoms with Crippen molar-refractivity contribution in [3.63, 3.8) is 0 Å². The highest BCUT2D eigenvalue weighted by Gasteiger charge is 2.18. The highest BCUT2D eigenvalue weighted by atomic mass is 16.6. The molecule has 0 aliphatic carbocycles. The van der Waals surface area contributed by atoms with Crippen molar-refractivity contribution in [2.75, 3.05) is 20.0 Å². The second kappa shape index (κ2) is 5.15. The van der Waals surface area contributed by atoms with Gasteiger partial charge < -0.3 is 15.2 Å². The maximum Gasteiger partial charge on any atom is 0.309 e. The van der Waals surface area contributed by atoms with Crippen LogP contribution in [0.15, 0.2) is 12.1 Å². The first-order valence-electron chi connectivity index (χ1n) is 4.67. The zero-order valence-electron chi connectivity index (χ0n) is 9.43. The van der Waals surface area contributed by atoms with E-state index in [1.54, 1.807) is 0 Å². The molecule has 0 fully saturated rings. The van der Waals surface area contributed by atoms with E-state index in [2.05, 4.69) is 4.74 Å². The van der Waals surface area contributed by atoms with Crippen LogP contribution in [0, 0.1) is 10.1 Å². The lowest BCUT2D eigenvalue weighted by Gasteiger charge is -2.07. The van der Waals surface area contributed by atoms with E-state index in [9.17, 15) is 14.9 Å². The zero-order valence-corrected chi connectivity index (χ0v) is 9.43. The molecule has 0 saturated carbocycles. The lowest BCUT2D eigenvalue weighted by molar-refractivity contribution is -0.384. The molecule has 0 unspecified atom stereocenters. The molecule has 1 rings (SSSR count). The predicted molar refractivity (Wildman–Crippen MR) is 59.8 cm³/mol. The van der Waals surface area contributed by atoms with Crippen LogP contribution in [-0.2, 0) is 16.0 Å². The Hall–Kier alpha value is -2.31. The van der Waals surface area contributed by atoms with Crippen LogP contribution in [-0.4, -0.2) is 25.1 Å². The minimum atomic E-state index is -0.626. The molecular weight excluding hydrogens is 228 g/mol. The van der Waals surface area contributed by atoms with Crippen LogP contribution in [0.2, 0.25) is 0 Å². The van der Waals surface area contributed by atoms with Crippen LogP contribution in [0.3, 0.4) is 0 Å². The molecule has 0 bridgehead atoms. The maximum atomic E-state index is 11.1. The van der Waals surface area contributed by atoms with Gasteiger partial charge in [-0.25, -0.2) is 0 Å². The maximum absolute atomic E-state index is 11.1. The monoisotopic (exact) mass is 240 g/mol. The number of nitrogen functional groups attached to an aromatic ring is 1. The second-order valence-corrected chi connectivity index (χ2v) is 3.24. The second-order valence-electron chi connectivity index (χ2n) is 3.24. The van der Waals surface area contributed by atoms with E-state index in [1.807, 2.05) is 0 Å². The quantitative estimate of drug-likeness (QED) is 0.363.